The fourth-order valence-electron chi connectivity index (χ4n) is 1.62. The van der Waals surface area contributed by atoms with Crippen molar-refractivity contribution in [3.05, 3.63) is 53.3 Å². The molecule has 2 rings (SSSR count). The van der Waals surface area contributed by atoms with E-state index in [0.717, 1.165) is 17.0 Å². The summed E-state index contributed by atoms with van der Waals surface area (Å²) < 4.78 is 5.02. The number of hydrogen-bond donors (Lipinski definition) is 1. The first-order valence-corrected chi connectivity index (χ1v) is 6.05. The molecule has 0 saturated heterocycles. The Morgan fingerprint density at radius 3 is 2.68 bits per heavy atom. The lowest BCUT2D eigenvalue weighted by Crippen LogP contribution is -2.15. The molecule has 1 heterocycles. The minimum Gasteiger partial charge on any atom is -0.467 e. The zero-order chi connectivity index (χ0) is 13.5. The third-order valence-electron chi connectivity index (χ3n) is 2.51. The van der Waals surface area contributed by atoms with Crippen LogP contribution < -0.4 is 10.2 Å². The first kappa shape index (κ1) is 13.5. The number of rotatable bonds is 6. The molecule has 0 radical (unpaired) electrons. The molecule has 0 aliphatic carbocycles. The normalized spacial score (nSPS) is 10.4. The lowest BCUT2D eigenvalue weighted by atomic mass is 10.2. The number of methoxy groups -OCH3 is 1. The van der Waals surface area contributed by atoms with Crippen LogP contribution in [0.1, 0.15) is 17.0 Å². The van der Waals surface area contributed by atoms with Crippen molar-refractivity contribution in [1.82, 2.24) is 15.4 Å². The molecule has 0 spiro atoms. The van der Waals surface area contributed by atoms with E-state index in [2.05, 4.69) is 15.4 Å². The van der Waals surface area contributed by atoms with Gasteiger partial charge < -0.3 is 4.74 Å². The number of benzene rings is 1. The van der Waals surface area contributed by atoms with Gasteiger partial charge in [0.05, 0.1) is 26.0 Å². The second-order valence-corrected chi connectivity index (χ2v) is 4.08. The van der Waals surface area contributed by atoms with Crippen molar-refractivity contribution in [1.29, 1.82) is 0 Å². The molecule has 2 aromatic rings. The zero-order valence-electron chi connectivity index (χ0n) is 11.1. The van der Waals surface area contributed by atoms with Crippen molar-refractivity contribution in [2.24, 2.45) is 0 Å². The van der Waals surface area contributed by atoms with Gasteiger partial charge in [0.15, 0.2) is 0 Å². The predicted octanol–water partition coefficient (Wildman–Crippen LogP) is 2.02. The highest BCUT2D eigenvalue weighted by atomic mass is 16.6. The number of nitrogens with zero attached hydrogens (tertiary/aromatic N) is 2. The third-order valence-corrected chi connectivity index (χ3v) is 2.51. The minimum absolute atomic E-state index is 0.375. The summed E-state index contributed by atoms with van der Waals surface area (Å²) in [6.45, 7) is 2.92. The Labute approximate surface area is 112 Å². The third kappa shape index (κ3) is 4.31. The molecule has 0 amide bonds. The van der Waals surface area contributed by atoms with Crippen LogP contribution in [0.5, 0.6) is 6.01 Å². The van der Waals surface area contributed by atoms with Crippen LogP contribution in [0, 0.1) is 6.92 Å². The summed E-state index contributed by atoms with van der Waals surface area (Å²) in [5, 5.41) is 0. The smallest absolute Gasteiger partial charge is 0.316 e. The fourth-order valence-corrected chi connectivity index (χ4v) is 1.62. The zero-order valence-corrected chi connectivity index (χ0v) is 11.1. The van der Waals surface area contributed by atoms with Crippen molar-refractivity contribution in [2.75, 3.05) is 7.11 Å². The van der Waals surface area contributed by atoms with E-state index in [-0.39, 0.29) is 0 Å². The summed E-state index contributed by atoms with van der Waals surface area (Å²) in [5.74, 6) is 0. The highest BCUT2D eigenvalue weighted by molar-refractivity contribution is 5.14. The largest absolute Gasteiger partial charge is 0.467 e. The summed E-state index contributed by atoms with van der Waals surface area (Å²) in [7, 11) is 1.55. The first-order valence-electron chi connectivity index (χ1n) is 6.05. The van der Waals surface area contributed by atoms with Crippen molar-refractivity contribution in [3.8, 4) is 6.01 Å². The predicted molar refractivity (Wildman–Crippen MR) is 71.4 cm³/mol. The van der Waals surface area contributed by atoms with E-state index < -0.39 is 0 Å². The van der Waals surface area contributed by atoms with E-state index >= 15 is 0 Å². The second kappa shape index (κ2) is 6.82. The average molecular weight is 259 g/mol. The minimum atomic E-state index is 0.375. The van der Waals surface area contributed by atoms with Gasteiger partial charge in [-0.2, -0.15) is 10.5 Å². The maximum Gasteiger partial charge on any atom is 0.316 e. The molecule has 1 aromatic heterocycles. The number of nitrogens with one attached hydrogen (secondary N) is 1. The number of hydroxylamine groups is 1. The number of aromatic nitrogens is 2. The summed E-state index contributed by atoms with van der Waals surface area (Å²) in [6.07, 6.45) is 0. The standard InChI is InChI=1S/C14H17N3O2/c1-11-8-13(17-14(16-11)18-2)9-15-19-10-12-6-4-3-5-7-12/h3-8,15H,9-10H2,1-2H3. The van der Waals surface area contributed by atoms with Gasteiger partial charge in [0.1, 0.15) is 0 Å². The Morgan fingerprint density at radius 1 is 1.16 bits per heavy atom. The van der Waals surface area contributed by atoms with Crippen LogP contribution >= 0.6 is 0 Å². The topological polar surface area (TPSA) is 56.3 Å². The van der Waals surface area contributed by atoms with E-state index in [9.17, 15) is 0 Å². The van der Waals surface area contributed by atoms with Gasteiger partial charge in [-0.3, -0.25) is 4.84 Å². The van der Waals surface area contributed by atoms with E-state index in [1.165, 1.54) is 0 Å². The van der Waals surface area contributed by atoms with E-state index in [1.54, 1.807) is 7.11 Å². The maximum atomic E-state index is 5.39. The first-order chi connectivity index (χ1) is 9.28. The SMILES string of the molecule is COc1nc(C)cc(CNOCc2ccccc2)n1. The van der Waals surface area contributed by atoms with Gasteiger partial charge in [0, 0.05) is 5.69 Å². The molecule has 5 nitrogen and oxygen atoms in total. The lowest BCUT2D eigenvalue weighted by molar-refractivity contribution is 0.0227. The Kier molecular flexibility index (Phi) is 4.83. The van der Waals surface area contributed by atoms with Gasteiger partial charge in [-0.25, -0.2) is 4.98 Å². The fraction of sp³-hybridized carbons (Fsp3) is 0.286. The van der Waals surface area contributed by atoms with Gasteiger partial charge in [-0.05, 0) is 18.6 Å². The summed E-state index contributed by atoms with van der Waals surface area (Å²) in [5.41, 5.74) is 5.70. The molecule has 0 saturated carbocycles. The summed E-state index contributed by atoms with van der Waals surface area (Å²) in [6, 6.07) is 12.2. The summed E-state index contributed by atoms with van der Waals surface area (Å²) >= 11 is 0. The maximum absolute atomic E-state index is 5.39. The molecular weight excluding hydrogens is 242 g/mol. The van der Waals surface area contributed by atoms with Crippen molar-refractivity contribution in [3.63, 3.8) is 0 Å². The molecule has 0 aliphatic rings. The molecular formula is C14H17N3O2. The Bertz CT molecular complexity index is 517. The monoisotopic (exact) mass is 259 g/mol. The van der Waals surface area contributed by atoms with E-state index in [4.69, 9.17) is 9.57 Å². The van der Waals surface area contributed by atoms with Crippen molar-refractivity contribution < 1.29 is 9.57 Å². The number of hydrogen-bond acceptors (Lipinski definition) is 5. The molecule has 0 unspecified atom stereocenters. The number of ether oxygens (including phenoxy) is 1. The Balaban J connectivity index is 1.81. The van der Waals surface area contributed by atoms with Crippen molar-refractivity contribution >= 4 is 0 Å². The molecule has 1 aromatic carbocycles. The molecule has 0 aliphatic heterocycles. The van der Waals surface area contributed by atoms with E-state index in [1.807, 2.05) is 43.3 Å². The van der Waals surface area contributed by atoms with E-state index in [0.29, 0.717) is 19.2 Å². The molecule has 0 bridgehead atoms. The summed E-state index contributed by atoms with van der Waals surface area (Å²) in [4.78, 5) is 13.7. The Hall–Kier alpha value is -1.98. The Morgan fingerprint density at radius 2 is 1.95 bits per heavy atom. The van der Waals surface area contributed by atoms with Crippen LogP contribution in [0.4, 0.5) is 0 Å². The second-order valence-electron chi connectivity index (χ2n) is 4.08. The van der Waals surface area contributed by atoms with Crippen LogP contribution in [-0.2, 0) is 18.0 Å². The van der Waals surface area contributed by atoms with Gasteiger partial charge in [0.2, 0.25) is 0 Å². The van der Waals surface area contributed by atoms with Crippen LogP contribution in [0.15, 0.2) is 36.4 Å². The van der Waals surface area contributed by atoms with Crippen LogP contribution in [0.3, 0.4) is 0 Å². The average Bonchev–Trinajstić information content (AvgIpc) is 2.44. The molecule has 19 heavy (non-hydrogen) atoms. The molecule has 1 N–H and O–H groups in total. The van der Waals surface area contributed by atoms with Gasteiger partial charge >= 0.3 is 6.01 Å². The van der Waals surface area contributed by atoms with Gasteiger partial charge in [-0.15, -0.1) is 0 Å². The molecule has 100 valence electrons. The lowest BCUT2D eigenvalue weighted by Gasteiger charge is -2.07. The highest BCUT2D eigenvalue weighted by Gasteiger charge is 2.02. The van der Waals surface area contributed by atoms with Crippen LogP contribution in [0.25, 0.3) is 0 Å². The van der Waals surface area contributed by atoms with Gasteiger partial charge in [-0.1, -0.05) is 30.3 Å². The van der Waals surface area contributed by atoms with Gasteiger partial charge in [0.25, 0.3) is 0 Å². The van der Waals surface area contributed by atoms with Crippen molar-refractivity contribution in [2.45, 2.75) is 20.1 Å². The van der Waals surface area contributed by atoms with Crippen LogP contribution in [0.2, 0.25) is 0 Å². The highest BCUT2D eigenvalue weighted by Crippen LogP contribution is 2.06. The quantitative estimate of drug-likeness (QED) is 0.635. The molecule has 0 fully saturated rings. The molecule has 0 atom stereocenters. The molecule has 5 heteroatoms. The van der Waals surface area contributed by atoms with Crippen LogP contribution in [-0.4, -0.2) is 17.1 Å². The number of aryl methyl sites for hydroxylation is 1.